The Morgan fingerprint density at radius 1 is 1.32 bits per heavy atom. The van der Waals surface area contributed by atoms with Crippen molar-refractivity contribution in [2.24, 2.45) is 5.73 Å². The minimum atomic E-state index is -0.351. The van der Waals surface area contributed by atoms with Crippen molar-refractivity contribution >= 4 is 11.7 Å². The van der Waals surface area contributed by atoms with Crippen LogP contribution in [0.2, 0.25) is 0 Å². The first kappa shape index (κ1) is 15.4. The highest BCUT2D eigenvalue weighted by Crippen LogP contribution is 2.12. The van der Waals surface area contributed by atoms with Crippen LogP contribution in [0.15, 0.2) is 30.3 Å². The Bertz CT molecular complexity index is 715. The van der Waals surface area contributed by atoms with Crippen LogP contribution < -0.4 is 15.8 Å². The highest BCUT2D eigenvalue weighted by molar-refractivity contribution is 5.97. The maximum absolute atomic E-state index is 12.2. The Morgan fingerprint density at radius 3 is 2.73 bits per heavy atom. The lowest BCUT2D eigenvalue weighted by atomic mass is 10.2. The summed E-state index contributed by atoms with van der Waals surface area (Å²) in [5, 5.41) is 10.2. The van der Waals surface area contributed by atoms with Crippen LogP contribution in [-0.2, 0) is 6.54 Å². The molecule has 0 saturated carbocycles. The normalized spacial score (nSPS) is 10.1. The first-order valence-electron chi connectivity index (χ1n) is 6.61. The topological polar surface area (TPSA) is 114 Å². The van der Waals surface area contributed by atoms with Crippen LogP contribution in [0.25, 0.3) is 0 Å². The van der Waals surface area contributed by atoms with Gasteiger partial charge in [0.1, 0.15) is 28.8 Å². The van der Waals surface area contributed by atoms with E-state index in [0.29, 0.717) is 12.4 Å². The molecule has 0 saturated heterocycles. The van der Waals surface area contributed by atoms with Crippen molar-refractivity contribution in [3.63, 3.8) is 0 Å². The second-order valence-electron chi connectivity index (χ2n) is 4.63. The van der Waals surface area contributed by atoms with E-state index in [1.54, 1.807) is 14.0 Å². The van der Waals surface area contributed by atoms with Gasteiger partial charge in [0.15, 0.2) is 0 Å². The SMILES string of the molecule is COc1cccc(CNC(=O)c2cc(C(=N)N)nc(C)n2)c1. The summed E-state index contributed by atoms with van der Waals surface area (Å²) in [6.07, 6.45) is 0. The third kappa shape index (κ3) is 3.78. The van der Waals surface area contributed by atoms with E-state index in [9.17, 15) is 4.79 Å². The van der Waals surface area contributed by atoms with Crippen molar-refractivity contribution in [3.8, 4) is 5.75 Å². The molecule has 22 heavy (non-hydrogen) atoms. The van der Waals surface area contributed by atoms with E-state index in [4.69, 9.17) is 15.9 Å². The number of hydrogen-bond donors (Lipinski definition) is 3. The Balaban J connectivity index is 2.10. The van der Waals surface area contributed by atoms with Crippen LogP contribution in [0.4, 0.5) is 0 Å². The lowest BCUT2D eigenvalue weighted by Crippen LogP contribution is -2.25. The minimum Gasteiger partial charge on any atom is -0.497 e. The van der Waals surface area contributed by atoms with Crippen LogP contribution in [0.5, 0.6) is 5.75 Å². The summed E-state index contributed by atoms with van der Waals surface area (Å²) >= 11 is 0. The van der Waals surface area contributed by atoms with Crippen molar-refractivity contribution in [3.05, 3.63) is 53.1 Å². The molecule has 2 rings (SSSR count). The molecule has 0 aliphatic carbocycles. The van der Waals surface area contributed by atoms with Crippen LogP contribution in [0, 0.1) is 12.3 Å². The highest BCUT2D eigenvalue weighted by Gasteiger charge is 2.11. The number of benzene rings is 1. The predicted molar refractivity (Wildman–Crippen MR) is 81.9 cm³/mol. The molecule has 0 fully saturated rings. The number of nitrogens with one attached hydrogen (secondary N) is 2. The number of aromatic nitrogens is 2. The van der Waals surface area contributed by atoms with Gasteiger partial charge in [-0.2, -0.15) is 0 Å². The van der Waals surface area contributed by atoms with Gasteiger partial charge in [-0.05, 0) is 30.7 Å². The Morgan fingerprint density at radius 2 is 2.05 bits per heavy atom. The van der Waals surface area contributed by atoms with E-state index in [-0.39, 0.29) is 23.1 Å². The number of carbonyl (C=O) groups is 1. The van der Waals surface area contributed by atoms with E-state index < -0.39 is 0 Å². The summed E-state index contributed by atoms with van der Waals surface area (Å²) in [6.45, 7) is 1.99. The molecule has 2 aromatic rings. The monoisotopic (exact) mass is 299 g/mol. The summed E-state index contributed by atoms with van der Waals surface area (Å²) in [5.41, 5.74) is 6.72. The van der Waals surface area contributed by atoms with Crippen molar-refractivity contribution in [1.82, 2.24) is 15.3 Å². The largest absolute Gasteiger partial charge is 0.497 e. The van der Waals surface area contributed by atoms with Gasteiger partial charge in [0.25, 0.3) is 5.91 Å². The summed E-state index contributed by atoms with van der Waals surface area (Å²) in [7, 11) is 1.59. The van der Waals surface area contributed by atoms with Gasteiger partial charge in [0.05, 0.1) is 7.11 Å². The van der Waals surface area contributed by atoms with Crippen LogP contribution in [-0.4, -0.2) is 28.8 Å². The average molecular weight is 299 g/mol. The molecule has 4 N–H and O–H groups in total. The average Bonchev–Trinajstić information content (AvgIpc) is 2.52. The molecule has 1 amide bonds. The molecule has 7 heteroatoms. The summed E-state index contributed by atoms with van der Waals surface area (Å²) in [4.78, 5) is 20.2. The van der Waals surface area contributed by atoms with Crippen LogP contribution in [0.3, 0.4) is 0 Å². The molecule has 0 unspecified atom stereocenters. The number of amides is 1. The molecule has 0 spiro atoms. The van der Waals surface area contributed by atoms with E-state index in [2.05, 4.69) is 15.3 Å². The third-order valence-corrected chi connectivity index (χ3v) is 2.93. The number of nitrogens with two attached hydrogens (primary N) is 1. The second-order valence-corrected chi connectivity index (χ2v) is 4.63. The standard InChI is InChI=1S/C15H17N5O2/c1-9-19-12(14(16)17)7-13(20-9)15(21)18-8-10-4-3-5-11(6-10)22-2/h3-7H,8H2,1-2H3,(H3,16,17)(H,18,21). The van der Waals surface area contributed by atoms with Crippen molar-refractivity contribution in [2.75, 3.05) is 7.11 Å². The second kappa shape index (κ2) is 6.66. The smallest absolute Gasteiger partial charge is 0.270 e. The van der Waals surface area contributed by atoms with E-state index in [0.717, 1.165) is 11.3 Å². The van der Waals surface area contributed by atoms with Crippen molar-refractivity contribution in [2.45, 2.75) is 13.5 Å². The minimum absolute atomic E-state index is 0.181. The number of hydrogen-bond acceptors (Lipinski definition) is 5. The molecule has 1 aromatic heterocycles. The van der Waals surface area contributed by atoms with Crippen LogP contribution in [0.1, 0.15) is 27.6 Å². The van der Waals surface area contributed by atoms with Gasteiger partial charge in [-0.15, -0.1) is 0 Å². The van der Waals surface area contributed by atoms with E-state index in [1.807, 2.05) is 24.3 Å². The molecule has 0 bridgehead atoms. The molecule has 0 radical (unpaired) electrons. The molecule has 7 nitrogen and oxygen atoms in total. The van der Waals surface area contributed by atoms with Crippen molar-refractivity contribution < 1.29 is 9.53 Å². The number of carbonyl (C=O) groups excluding carboxylic acids is 1. The van der Waals surface area contributed by atoms with Gasteiger partial charge in [0.2, 0.25) is 0 Å². The molecule has 1 aromatic carbocycles. The zero-order valence-electron chi connectivity index (χ0n) is 12.4. The maximum Gasteiger partial charge on any atom is 0.270 e. The molecule has 0 atom stereocenters. The summed E-state index contributed by atoms with van der Waals surface area (Å²) in [5.74, 6) is 0.561. The Kier molecular flexibility index (Phi) is 4.67. The van der Waals surface area contributed by atoms with Gasteiger partial charge in [-0.25, -0.2) is 9.97 Å². The van der Waals surface area contributed by atoms with Gasteiger partial charge >= 0.3 is 0 Å². The van der Waals surface area contributed by atoms with Crippen molar-refractivity contribution in [1.29, 1.82) is 5.41 Å². The number of rotatable bonds is 5. The molecule has 0 aliphatic rings. The maximum atomic E-state index is 12.2. The quantitative estimate of drug-likeness (QED) is 0.563. The number of aryl methyl sites for hydroxylation is 1. The first-order chi connectivity index (χ1) is 10.5. The number of amidine groups is 1. The number of methoxy groups -OCH3 is 1. The fraction of sp³-hybridized carbons (Fsp3) is 0.200. The number of nitrogen functional groups attached to an aromatic ring is 1. The van der Waals surface area contributed by atoms with E-state index in [1.165, 1.54) is 6.07 Å². The zero-order chi connectivity index (χ0) is 16.1. The summed E-state index contributed by atoms with van der Waals surface area (Å²) < 4.78 is 5.13. The van der Waals surface area contributed by atoms with Gasteiger partial charge in [-0.3, -0.25) is 10.2 Å². The molecule has 0 aliphatic heterocycles. The lowest BCUT2D eigenvalue weighted by Gasteiger charge is -2.08. The fourth-order valence-electron chi connectivity index (χ4n) is 1.88. The summed E-state index contributed by atoms with van der Waals surface area (Å²) in [6, 6.07) is 8.80. The Labute approximate surface area is 128 Å². The molecule has 114 valence electrons. The third-order valence-electron chi connectivity index (χ3n) is 2.93. The number of ether oxygens (including phenoxy) is 1. The first-order valence-corrected chi connectivity index (χ1v) is 6.61. The fourth-order valence-corrected chi connectivity index (χ4v) is 1.88. The number of nitrogens with zero attached hydrogens (tertiary/aromatic N) is 2. The van der Waals surface area contributed by atoms with E-state index >= 15 is 0 Å². The lowest BCUT2D eigenvalue weighted by molar-refractivity contribution is 0.0945. The molecular formula is C15H17N5O2. The van der Waals surface area contributed by atoms with Gasteiger partial charge in [0, 0.05) is 6.54 Å². The zero-order valence-corrected chi connectivity index (χ0v) is 12.4. The van der Waals surface area contributed by atoms with Gasteiger partial charge in [-0.1, -0.05) is 12.1 Å². The molecule has 1 heterocycles. The van der Waals surface area contributed by atoms with Crippen LogP contribution >= 0.6 is 0 Å². The Hall–Kier alpha value is -2.96. The van der Waals surface area contributed by atoms with Gasteiger partial charge < -0.3 is 15.8 Å². The predicted octanol–water partition coefficient (Wildman–Crippen LogP) is 1.01. The molecular weight excluding hydrogens is 282 g/mol. The highest BCUT2D eigenvalue weighted by atomic mass is 16.5.